The average Bonchev–Trinajstić information content (AvgIpc) is 2.53. The zero-order valence-electron chi connectivity index (χ0n) is 13.4. The fraction of sp³-hybridized carbons (Fsp3) is 0.588. The molecule has 1 aromatic rings. The van der Waals surface area contributed by atoms with Gasteiger partial charge in [-0.05, 0) is 44.2 Å². The molecule has 0 heterocycles. The summed E-state index contributed by atoms with van der Waals surface area (Å²) in [5.41, 5.74) is 0. The summed E-state index contributed by atoms with van der Waals surface area (Å²) in [5.74, 6) is 0.973. The largest absolute Gasteiger partial charge is 0.487 e. The van der Waals surface area contributed by atoms with Crippen molar-refractivity contribution in [3.8, 4) is 5.75 Å². The molecule has 0 aliphatic heterocycles. The number of hydrogen-bond acceptors (Lipinski definition) is 3. The molecule has 0 radical (unpaired) electrons. The van der Waals surface area contributed by atoms with Crippen molar-refractivity contribution >= 4 is 17.6 Å². The van der Waals surface area contributed by atoms with E-state index in [0.29, 0.717) is 29.8 Å². The molecule has 3 N–H and O–H groups in total. The molecule has 6 heteroatoms. The molecule has 5 nitrogen and oxygen atoms in total. The smallest absolute Gasteiger partial charge is 0.314 e. The van der Waals surface area contributed by atoms with E-state index in [1.807, 2.05) is 19.1 Å². The maximum Gasteiger partial charge on any atom is 0.314 e. The van der Waals surface area contributed by atoms with Gasteiger partial charge in [-0.1, -0.05) is 30.2 Å². The lowest BCUT2D eigenvalue weighted by molar-refractivity contribution is 0.101. The van der Waals surface area contributed by atoms with Crippen LogP contribution in [0.4, 0.5) is 4.79 Å². The highest BCUT2D eigenvalue weighted by Crippen LogP contribution is 2.24. The Hall–Kier alpha value is -1.46. The molecule has 0 saturated heterocycles. The van der Waals surface area contributed by atoms with Crippen LogP contribution < -0.4 is 15.4 Å². The van der Waals surface area contributed by atoms with Gasteiger partial charge >= 0.3 is 6.03 Å². The standard InChI is InChI=1S/C17H25ClN2O3/c1-12(23-16-8-3-2-7-15(16)18)10-19-17(22)20-11-13-5-4-6-14(21)9-13/h2-3,7-8,12-14,21H,4-6,9-11H2,1H3,(H2,19,20,22). The van der Waals surface area contributed by atoms with Crippen LogP contribution >= 0.6 is 11.6 Å². The number of ether oxygens (including phenoxy) is 1. The maximum atomic E-state index is 11.8. The SMILES string of the molecule is CC(CNC(=O)NCC1CCCC(O)C1)Oc1ccccc1Cl. The topological polar surface area (TPSA) is 70.6 Å². The minimum absolute atomic E-state index is 0.183. The van der Waals surface area contributed by atoms with Crippen LogP contribution in [0.25, 0.3) is 0 Å². The molecule has 1 aliphatic rings. The van der Waals surface area contributed by atoms with Crippen molar-refractivity contribution in [3.63, 3.8) is 0 Å². The molecule has 2 rings (SSSR count). The van der Waals surface area contributed by atoms with Crippen molar-refractivity contribution in [3.05, 3.63) is 29.3 Å². The lowest BCUT2D eigenvalue weighted by Crippen LogP contribution is -2.42. The van der Waals surface area contributed by atoms with Crippen LogP contribution in [0.2, 0.25) is 5.02 Å². The van der Waals surface area contributed by atoms with Gasteiger partial charge in [0.25, 0.3) is 0 Å². The van der Waals surface area contributed by atoms with Crippen molar-refractivity contribution in [2.24, 2.45) is 5.92 Å². The van der Waals surface area contributed by atoms with Gasteiger partial charge in [0.1, 0.15) is 11.9 Å². The second-order valence-electron chi connectivity index (χ2n) is 6.14. The van der Waals surface area contributed by atoms with Gasteiger partial charge in [-0.2, -0.15) is 0 Å². The van der Waals surface area contributed by atoms with Gasteiger partial charge in [0.15, 0.2) is 0 Å². The summed E-state index contributed by atoms with van der Waals surface area (Å²) in [6.45, 7) is 2.87. The van der Waals surface area contributed by atoms with Crippen LogP contribution in [0, 0.1) is 5.92 Å². The van der Waals surface area contributed by atoms with Gasteiger partial charge in [-0.15, -0.1) is 0 Å². The van der Waals surface area contributed by atoms with E-state index in [9.17, 15) is 9.90 Å². The Labute approximate surface area is 142 Å². The van der Waals surface area contributed by atoms with Gasteiger partial charge in [0.2, 0.25) is 0 Å². The number of rotatable bonds is 6. The number of carbonyl (C=O) groups excluding carboxylic acids is 1. The van der Waals surface area contributed by atoms with E-state index in [1.54, 1.807) is 12.1 Å². The molecule has 128 valence electrons. The molecule has 1 fully saturated rings. The van der Waals surface area contributed by atoms with Crippen LogP contribution in [0.5, 0.6) is 5.75 Å². The average molecular weight is 341 g/mol. The Morgan fingerprint density at radius 2 is 2.17 bits per heavy atom. The van der Waals surface area contributed by atoms with Crippen LogP contribution in [0.3, 0.4) is 0 Å². The lowest BCUT2D eigenvalue weighted by atomic mass is 9.87. The molecule has 0 spiro atoms. The Balaban J connectivity index is 1.64. The zero-order valence-corrected chi connectivity index (χ0v) is 14.2. The van der Waals surface area contributed by atoms with E-state index in [-0.39, 0.29) is 18.2 Å². The molecule has 1 aromatic carbocycles. The molecule has 23 heavy (non-hydrogen) atoms. The molecular formula is C17H25ClN2O3. The number of carbonyl (C=O) groups is 1. The summed E-state index contributed by atoms with van der Waals surface area (Å²) in [7, 11) is 0. The van der Waals surface area contributed by atoms with E-state index < -0.39 is 0 Å². The molecule has 3 unspecified atom stereocenters. The highest BCUT2D eigenvalue weighted by Gasteiger charge is 2.20. The first-order chi connectivity index (χ1) is 11.0. The van der Waals surface area contributed by atoms with Crippen LogP contribution in [0.1, 0.15) is 32.6 Å². The minimum Gasteiger partial charge on any atom is -0.487 e. The fourth-order valence-corrected chi connectivity index (χ4v) is 2.96. The highest BCUT2D eigenvalue weighted by atomic mass is 35.5. The molecule has 0 aromatic heterocycles. The van der Waals surface area contributed by atoms with E-state index >= 15 is 0 Å². The van der Waals surface area contributed by atoms with Crippen LogP contribution in [-0.4, -0.2) is 36.4 Å². The Bertz CT molecular complexity index is 512. The third-order valence-corrected chi connectivity index (χ3v) is 4.33. The van der Waals surface area contributed by atoms with Crippen molar-refractivity contribution in [1.82, 2.24) is 10.6 Å². The normalized spacial score (nSPS) is 22.2. The van der Waals surface area contributed by atoms with Crippen LogP contribution in [-0.2, 0) is 0 Å². The monoisotopic (exact) mass is 340 g/mol. The molecule has 2 amide bonds. The first-order valence-corrected chi connectivity index (χ1v) is 8.53. The lowest BCUT2D eigenvalue weighted by Gasteiger charge is -2.26. The van der Waals surface area contributed by atoms with Gasteiger partial charge in [0, 0.05) is 6.54 Å². The number of benzene rings is 1. The number of para-hydroxylation sites is 1. The predicted molar refractivity (Wildman–Crippen MR) is 90.9 cm³/mol. The summed E-state index contributed by atoms with van der Waals surface area (Å²) in [6, 6.07) is 7.05. The predicted octanol–water partition coefficient (Wildman–Crippen LogP) is 2.96. The number of halogens is 1. The number of urea groups is 1. The third kappa shape index (κ3) is 6.28. The molecular weight excluding hydrogens is 316 g/mol. The third-order valence-electron chi connectivity index (χ3n) is 4.02. The van der Waals surface area contributed by atoms with Crippen molar-refractivity contribution in [1.29, 1.82) is 0 Å². The summed E-state index contributed by atoms with van der Waals surface area (Å²) in [4.78, 5) is 11.8. The molecule has 3 atom stereocenters. The van der Waals surface area contributed by atoms with Gasteiger partial charge in [-0.3, -0.25) is 0 Å². The number of aliphatic hydroxyl groups is 1. The fourth-order valence-electron chi connectivity index (χ4n) is 2.78. The zero-order chi connectivity index (χ0) is 16.7. The summed E-state index contributed by atoms with van der Waals surface area (Å²) >= 11 is 6.03. The molecule has 1 aliphatic carbocycles. The first-order valence-electron chi connectivity index (χ1n) is 8.15. The Morgan fingerprint density at radius 3 is 2.91 bits per heavy atom. The number of nitrogens with one attached hydrogen (secondary N) is 2. The van der Waals surface area contributed by atoms with Gasteiger partial charge < -0.3 is 20.5 Å². The quantitative estimate of drug-likeness (QED) is 0.745. The number of amides is 2. The Kier molecular flexibility index (Phi) is 6.99. The summed E-state index contributed by atoms with van der Waals surface area (Å²) < 4.78 is 5.70. The van der Waals surface area contributed by atoms with Crippen molar-refractivity contribution in [2.75, 3.05) is 13.1 Å². The van der Waals surface area contributed by atoms with Crippen molar-refractivity contribution in [2.45, 2.75) is 44.8 Å². The van der Waals surface area contributed by atoms with E-state index in [1.165, 1.54) is 0 Å². The Morgan fingerprint density at radius 1 is 1.39 bits per heavy atom. The maximum absolute atomic E-state index is 11.8. The van der Waals surface area contributed by atoms with Gasteiger partial charge in [0.05, 0.1) is 17.7 Å². The van der Waals surface area contributed by atoms with E-state index in [2.05, 4.69) is 10.6 Å². The highest BCUT2D eigenvalue weighted by molar-refractivity contribution is 6.32. The second kappa shape index (κ2) is 8.99. The molecule has 1 saturated carbocycles. The number of aliphatic hydroxyl groups excluding tert-OH is 1. The van der Waals surface area contributed by atoms with E-state index in [0.717, 1.165) is 25.7 Å². The summed E-state index contributed by atoms with van der Waals surface area (Å²) in [6.07, 6.45) is 3.33. The minimum atomic E-state index is -0.220. The van der Waals surface area contributed by atoms with Crippen molar-refractivity contribution < 1.29 is 14.6 Å². The number of hydrogen-bond donors (Lipinski definition) is 3. The summed E-state index contributed by atoms with van der Waals surface area (Å²) in [5, 5.41) is 15.8. The first kappa shape index (κ1) is 17.9. The van der Waals surface area contributed by atoms with Gasteiger partial charge in [-0.25, -0.2) is 4.79 Å². The second-order valence-corrected chi connectivity index (χ2v) is 6.54. The van der Waals surface area contributed by atoms with E-state index in [4.69, 9.17) is 16.3 Å². The van der Waals surface area contributed by atoms with Crippen LogP contribution in [0.15, 0.2) is 24.3 Å². The molecule has 0 bridgehead atoms.